The highest BCUT2D eigenvalue weighted by Gasteiger charge is 2.30. The standard InChI is InChI=1S/C27H29NO6S/c1-5-6-7-8-19-16-24(29)25(23-15-18(4)9-14-22(23)17(2)3)26(30)27(19)35(33,34)21-12-10-20(11-13-21)28(31)32/h9-16,29-30H,2,5-8H2,1,3-4H3. The van der Waals surface area contributed by atoms with E-state index in [9.17, 15) is 28.7 Å². The summed E-state index contributed by atoms with van der Waals surface area (Å²) in [6, 6.07) is 11.4. The van der Waals surface area contributed by atoms with Crippen LogP contribution in [0.1, 0.15) is 49.8 Å². The predicted molar refractivity (Wildman–Crippen MR) is 136 cm³/mol. The molecule has 0 heterocycles. The Balaban J connectivity index is 2.33. The maximum Gasteiger partial charge on any atom is 0.269 e. The summed E-state index contributed by atoms with van der Waals surface area (Å²) in [4.78, 5) is 9.92. The molecule has 0 aliphatic carbocycles. The van der Waals surface area contributed by atoms with Crippen molar-refractivity contribution in [2.24, 2.45) is 0 Å². The van der Waals surface area contributed by atoms with Gasteiger partial charge < -0.3 is 10.2 Å². The van der Waals surface area contributed by atoms with Gasteiger partial charge in [0.15, 0.2) is 0 Å². The van der Waals surface area contributed by atoms with Gasteiger partial charge in [0.2, 0.25) is 9.84 Å². The third kappa shape index (κ3) is 5.22. The van der Waals surface area contributed by atoms with Crippen molar-refractivity contribution in [3.63, 3.8) is 0 Å². The molecule has 0 bridgehead atoms. The molecule has 35 heavy (non-hydrogen) atoms. The van der Waals surface area contributed by atoms with Crippen LogP contribution in [0.3, 0.4) is 0 Å². The molecule has 0 aliphatic heterocycles. The van der Waals surface area contributed by atoms with Crippen molar-refractivity contribution in [3.05, 3.63) is 81.9 Å². The van der Waals surface area contributed by atoms with Gasteiger partial charge in [-0.2, -0.15) is 0 Å². The third-order valence-electron chi connectivity index (χ3n) is 5.89. The second-order valence-corrected chi connectivity index (χ2v) is 10.5. The summed E-state index contributed by atoms with van der Waals surface area (Å²) in [5.41, 5.74) is 2.73. The van der Waals surface area contributed by atoms with E-state index >= 15 is 0 Å². The molecule has 3 aromatic rings. The van der Waals surface area contributed by atoms with Crippen molar-refractivity contribution in [2.45, 2.75) is 56.2 Å². The Morgan fingerprint density at radius 3 is 2.29 bits per heavy atom. The van der Waals surface area contributed by atoms with E-state index < -0.39 is 20.5 Å². The zero-order valence-electron chi connectivity index (χ0n) is 20.0. The first-order valence-electron chi connectivity index (χ1n) is 11.3. The van der Waals surface area contributed by atoms with E-state index in [2.05, 4.69) is 6.58 Å². The summed E-state index contributed by atoms with van der Waals surface area (Å²) in [6.45, 7) is 9.63. The lowest BCUT2D eigenvalue weighted by atomic mass is 9.91. The first-order chi connectivity index (χ1) is 16.5. The summed E-state index contributed by atoms with van der Waals surface area (Å²) < 4.78 is 27.5. The normalized spacial score (nSPS) is 11.4. The van der Waals surface area contributed by atoms with Crippen LogP contribution < -0.4 is 0 Å². The van der Waals surface area contributed by atoms with Crippen LogP contribution in [-0.4, -0.2) is 23.6 Å². The Morgan fingerprint density at radius 2 is 1.71 bits per heavy atom. The van der Waals surface area contributed by atoms with Crippen LogP contribution >= 0.6 is 0 Å². The molecule has 8 heteroatoms. The van der Waals surface area contributed by atoms with Crippen LogP contribution in [0, 0.1) is 17.0 Å². The molecule has 0 radical (unpaired) electrons. The monoisotopic (exact) mass is 495 g/mol. The first kappa shape index (κ1) is 26.0. The number of nitrogens with zero attached hydrogens (tertiary/aromatic N) is 1. The Bertz CT molecular complexity index is 1390. The van der Waals surface area contributed by atoms with Crippen LogP contribution in [0.4, 0.5) is 5.69 Å². The van der Waals surface area contributed by atoms with Gasteiger partial charge in [-0.1, -0.05) is 55.7 Å². The van der Waals surface area contributed by atoms with Crippen LogP contribution in [0.2, 0.25) is 0 Å². The number of hydrogen-bond donors (Lipinski definition) is 2. The molecule has 0 atom stereocenters. The number of aryl methyl sites for hydroxylation is 2. The molecular weight excluding hydrogens is 466 g/mol. The maximum absolute atomic E-state index is 13.7. The molecule has 3 aromatic carbocycles. The number of phenolic OH excluding ortho intramolecular Hbond substituents is 2. The fourth-order valence-corrected chi connectivity index (χ4v) is 5.70. The molecular formula is C27H29NO6S. The van der Waals surface area contributed by atoms with E-state index in [1.807, 2.05) is 26.0 Å². The number of nitro groups is 1. The topological polar surface area (TPSA) is 118 Å². The molecule has 2 N–H and O–H groups in total. The highest BCUT2D eigenvalue weighted by Crippen LogP contribution is 2.47. The van der Waals surface area contributed by atoms with Crippen molar-refractivity contribution in [3.8, 4) is 22.6 Å². The van der Waals surface area contributed by atoms with E-state index in [1.165, 1.54) is 6.07 Å². The molecule has 0 fully saturated rings. The number of phenols is 2. The summed E-state index contributed by atoms with van der Waals surface area (Å²) in [5, 5.41) is 33.4. The Morgan fingerprint density at radius 1 is 1.06 bits per heavy atom. The number of aromatic hydroxyl groups is 2. The van der Waals surface area contributed by atoms with E-state index in [1.54, 1.807) is 13.0 Å². The van der Waals surface area contributed by atoms with Gasteiger partial charge >= 0.3 is 0 Å². The second-order valence-electron chi connectivity index (χ2n) is 8.65. The van der Waals surface area contributed by atoms with Gasteiger partial charge in [0.25, 0.3) is 5.69 Å². The van der Waals surface area contributed by atoms with E-state index in [0.29, 0.717) is 35.1 Å². The maximum atomic E-state index is 13.7. The molecule has 3 rings (SSSR count). The molecule has 0 amide bonds. The molecule has 0 saturated heterocycles. The van der Waals surface area contributed by atoms with E-state index in [-0.39, 0.29) is 26.8 Å². The fraction of sp³-hybridized carbons (Fsp3) is 0.259. The van der Waals surface area contributed by atoms with Gasteiger partial charge in [-0.3, -0.25) is 10.1 Å². The lowest BCUT2D eigenvalue weighted by Crippen LogP contribution is -2.08. The zero-order valence-corrected chi connectivity index (χ0v) is 20.9. The number of benzene rings is 3. The van der Waals surface area contributed by atoms with E-state index in [4.69, 9.17) is 0 Å². The molecule has 7 nitrogen and oxygen atoms in total. The average molecular weight is 496 g/mol. The molecule has 0 unspecified atom stereocenters. The molecule has 0 saturated carbocycles. The number of sulfone groups is 1. The minimum atomic E-state index is -4.28. The quantitative estimate of drug-likeness (QED) is 0.197. The third-order valence-corrected chi connectivity index (χ3v) is 7.78. The van der Waals surface area contributed by atoms with Gasteiger partial charge in [0.1, 0.15) is 16.4 Å². The lowest BCUT2D eigenvalue weighted by Gasteiger charge is -2.19. The van der Waals surface area contributed by atoms with Gasteiger partial charge in [0, 0.05) is 12.1 Å². The van der Waals surface area contributed by atoms with Gasteiger partial charge in [-0.05, 0) is 61.6 Å². The SMILES string of the molecule is C=C(C)c1ccc(C)cc1-c1c(O)cc(CCCCC)c(S(=O)(=O)c2ccc([N+](=O)[O-])cc2)c1O. The van der Waals surface area contributed by atoms with Gasteiger partial charge in [-0.25, -0.2) is 8.42 Å². The summed E-state index contributed by atoms with van der Waals surface area (Å²) in [6.07, 6.45) is 2.75. The largest absolute Gasteiger partial charge is 0.507 e. The van der Waals surface area contributed by atoms with Crippen molar-refractivity contribution >= 4 is 21.1 Å². The van der Waals surface area contributed by atoms with Gasteiger partial charge in [-0.15, -0.1) is 0 Å². The zero-order chi connectivity index (χ0) is 25.9. The molecule has 0 aliphatic rings. The highest BCUT2D eigenvalue weighted by atomic mass is 32.2. The summed E-state index contributed by atoms with van der Waals surface area (Å²) >= 11 is 0. The van der Waals surface area contributed by atoms with Gasteiger partial charge in [0.05, 0.1) is 15.4 Å². The van der Waals surface area contributed by atoms with Crippen LogP contribution in [0.25, 0.3) is 16.7 Å². The Hall–Kier alpha value is -3.65. The lowest BCUT2D eigenvalue weighted by molar-refractivity contribution is -0.384. The van der Waals surface area contributed by atoms with Crippen LogP contribution in [0.5, 0.6) is 11.5 Å². The Kier molecular flexibility index (Phi) is 7.65. The number of nitro benzene ring substituents is 1. The summed E-state index contributed by atoms with van der Waals surface area (Å²) in [5.74, 6) is -0.785. The molecule has 0 spiro atoms. The average Bonchev–Trinajstić information content (AvgIpc) is 2.78. The summed E-state index contributed by atoms with van der Waals surface area (Å²) in [7, 11) is -4.28. The van der Waals surface area contributed by atoms with E-state index in [0.717, 1.165) is 42.7 Å². The van der Waals surface area contributed by atoms with Crippen molar-refractivity contribution in [1.82, 2.24) is 0 Å². The number of rotatable bonds is 9. The fourth-order valence-electron chi connectivity index (χ4n) is 4.11. The number of unbranched alkanes of at least 4 members (excludes halogenated alkanes) is 2. The first-order valence-corrected chi connectivity index (χ1v) is 12.8. The smallest absolute Gasteiger partial charge is 0.269 e. The van der Waals surface area contributed by atoms with Crippen molar-refractivity contribution in [1.29, 1.82) is 0 Å². The number of hydrogen-bond acceptors (Lipinski definition) is 6. The van der Waals surface area contributed by atoms with Crippen molar-refractivity contribution < 1.29 is 23.6 Å². The minimum Gasteiger partial charge on any atom is -0.507 e. The number of allylic oxidation sites excluding steroid dienone is 1. The predicted octanol–water partition coefficient (Wildman–Crippen LogP) is 6.58. The van der Waals surface area contributed by atoms with Crippen LogP contribution in [-0.2, 0) is 16.3 Å². The van der Waals surface area contributed by atoms with Crippen LogP contribution in [0.15, 0.2) is 64.9 Å². The highest BCUT2D eigenvalue weighted by molar-refractivity contribution is 7.91. The second kappa shape index (κ2) is 10.3. The minimum absolute atomic E-state index is 0.00595. The van der Waals surface area contributed by atoms with Crippen molar-refractivity contribution in [2.75, 3.05) is 0 Å². The molecule has 184 valence electrons. The molecule has 0 aromatic heterocycles. The number of non-ortho nitro benzene ring substituents is 1. The Labute approximate surface area is 205 Å².